The van der Waals surface area contributed by atoms with Crippen LogP contribution in [0.25, 0.3) is 0 Å². The molecule has 0 aliphatic carbocycles. The van der Waals surface area contributed by atoms with E-state index < -0.39 is 0 Å². The maximum Gasteiger partial charge on any atom is 0.122 e. The van der Waals surface area contributed by atoms with Crippen molar-refractivity contribution in [3.8, 4) is 5.75 Å². The zero-order valence-corrected chi connectivity index (χ0v) is 11.7. The summed E-state index contributed by atoms with van der Waals surface area (Å²) in [5.74, 6) is 0.976. The van der Waals surface area contributed by atoms with E-state index >= 15 is 0 Å². The van der Waals surface area contributed by atoms with Crippen LogP contribution >= 0.6 is 0 Å². The SMILES string of the molecule is COc1ccccc1CCCN(C)CCC(C)O. The lowest BCUT2D eigenvalue weighted by Crippen LogP contribution is -2.23. The first kappa shape index (κ1) is 15.0. The topological polar surface area (TPSA) is 32.7 Å². The first-order valence-corrected chi connectivity index (χ1v) is 6.62. The Morgan fingerprint density at radius 1 is 1.28 bits per heavy atom. The van der Waals surface area contributed by atoms with E-state index in [0.29, 0.717) is 0 Å². The Balaban J connectivity index is 2.28. The molecule has 0 saturated heterocycles. The molecule has 0 spiro atoms. The number of aliphatic hydroxyl groups excluding tert-OH is 1. The fourth-order valence-electron chi connectivity index (χ4n) is 1.97. The maximum absolute atomic E-state index is 9.23. The Morgan fingerprint density at radius 3 is 2.67 bits per heavy atom. The van der Waals surface area contributed by atoms with Crippen LogP contribution in [0.15, 0.2) is 24.3 Å². The molecule has 102 valence electrons. The molecule has 1 aromatic carbocycles. The normalized spacial score (nSPS) is 12.7. The quantitative estimate of drug-likeness (QED) is 0.769. The molecule has 1 rings (SSSR count). The number of aliphatic hydroxyl groups is 1. The number of nitrogens with zero attached hydrogens (tertiary/aromatic N) is 1. The molecule has 0 fully saturated rings. The number of aryl methyl sites for hydroxylation is 1. The molecule has 0 radical (unpaired) electrons. The molecule has 0 bridgehead atoms. The van der Waals surface area contributed by atoms with E-state index in [1.807, 2.05) is 19.1 Å². The highest BCUT2D eigenvalue weighted by Gasteiger charge is 2.04. The fraction of sp³-hybridized carbons (Fsp3) is 0.600. The molecular formula is C15H25NO2. The van der Waals surface area contributed by atoms with E-state index in [4.69, 9.17) is 4.74 Å². The molecule has 0 aliphatic rings. The number of ether oxygens (including phenoxy) is 1. The number of hydrogen-bond acceptors (Lipinski definition) is 3. The van der Waals surface area contributed by atoms with Gasteiger partial charge in [-0.05, 0) is 51.4 Å². The lowest BCUT2D eigenvalue weighted by Gasteiger charge is -2.17. The molecule has 3 nitrogen and oxygen atoms in total. The Bertz CT molecular complexity index is 339. The third-order valence-corrected chi connectivity index (χ3v) is 3.11. The lowest BCUT2D eigenvalue weighted by atomic mass is 10.1. The Kier molecular flexibility index (Phi) is 6.76. The fourth-order valence-corrected chi connectivity index (χ4v) is 1.97. The average molecular weight is 251 g/mol. The summed E-state index contributed by atoms with van der Waals surface area (Å²) in [4.78, 5) is 2.27. The predicted molar refractivity (Wildman–Crippen MR) is 75.1 cm³/mol. The lowest BCUT2D eigenvalue weighted by molar-refractivity contribution is 0.164. The summed E-state index contributed by atoms with van der Waals surface area (Å²) < 4.78 is 5.34. The van der Waals surface area contributed by atoms with Crippen molar-refractivity contribution in [1.82, 2.24) is 4.90 Å². The van der Waals surface area contributed by atoms with Gasteiger partial charge in [0.05, 0.1) is 13.2 Å². The van der Waals surface area contributed by atoms with Gasteiger partial charge in [0.2, 0.25) is 0 Å². The standard InChI is InChI=1S/C15H25NO2/c1-13(17)10-12-16(2)11-6-8-14-7-4-5-9-15(14)18-3/h4-5,7,9,13,17H,6,8,10-12H2,1-3H3. The maximum atomic E-state index is 9.23. The number of hydrogen-bond donors (Lipinski definition) is 1. The third kappa shape index (κ3) is 5.52. The van der Waals surface area contributed by atoms with E-state index in [0.717, 1.165) is 38.1 Å². The van der Waals surface area contributed by atoms with Gasteiger partial charge in [0.15, 0.2) is 0 Å². The van der Waals surface area contributed by atoms with Gasteiger partial charge >= 0.3 is 0 Å². The van der Waals surface area contributed by atoms with Gasteiger partial charge < -0.3 is 14.7 Å². The Labute approximate surface area is 110 Å². The molecule has 0 amide bonds. The largest absolute Gasteiger partial charge is 0.496 e. The van der Waals surface area contributed by atoms with Crippen molar-refractivity contribution >= 4 is 0 Å². The van der Waals surface area contributed by atoms with Crippen molar-refractivity contribution < 1.29 is 9.84 Å². The van der Waals surface area contributed by atoms with Crippen molar-refractivity contribution in [2.24, 2.45) is 0 Å². The molecular weight excluding hydrogens is 226 g/mol. The van der Waals surface area contributed by atoms with Crippen molar-refractivity contribution in [3.63, 3.8) is 0 Å². The summed E-state index contributed by atoms with van der Waals surface area (Å²) >= 11 is 0. The highest BCUT2D eigenvalue weighted by molar-refractivity contribution is 5.33. The minimum Gasteiger partial charge on any atom is -0.496 e. The number of para-hydroxylation sites is 1. The highest BCUT2D eigenvalue weighted by Crippen LogP contribution is 2.18. The van der Waals surface area contributed by atoms with Crippen molar-refractivity contribution in [3.05, 3.63) is 29.8 Å². The summed E-state index contributed by atoms with van der Waals surface area (Å²) in [5.41, 5.74) is 1.27. The second-order valence-electron chi connectivity index (χ2n) is 4.86. The molecule has 1 unspecified atom stereocenters. The molecule has 0 aliphatic heterocycles. The van der Waals surface area contributed by atoms with Crippen molar-refractivity contribution in [2.75, 3.05) is 27.2 Å². The van der Waals surface area contributed by atoms with Crippen molar-refractivity contribution in [1.29, 1.82) is 0 Å². The summed E-state index contributed by atoms with van der Waals surface area (Å²) in [7, 11) is 3.82. The number of rotatable bonds is 8. The van der Waals surface area contributed by atoms with Crippen LogP contribution in [0.4, 0.5) is 0 Å². The van der Waals surface area contributed by atoms with Crippen LogP contribution in [0.1, 0.15) is 25.3 Å². The minimum atomic E-state index is -0.207. The third-order valence-electron chi connectivity index (χ3n) is 3.11. The molecule has 0 aromatic heterocycles. The van der Waals surface area contributed by atoms with Gasteiger partial charge in [-0.3, -0.25) is 0 Å². The van der Waals surface area contributed by atoms with Gasteiger partial charge in [-0.1, -0.05) is 18.2 Å². The number of methoxy groups -OCH3 is 1. The Hall–Kier alpha value is -1.06. The van der Waals surface area contributed by atoms with Gasteiger partial charge in [-0.2, -0.15) is 0 Å². The second-order valence-corrected chi connectivity index (χ2v) is 4.86. The average Bonchev–Trinajstić information content (AvgIpc) is 2.37. The van der Waals surface area contributed by atoms with Crippen LogP contribution in [-0.4, -0.2) is 43.4 Å². The first-order valence-electron chi connectivity index (χ1n) is 6.62. The van der Waals surface area contributed by atoms with Crippen LogP contribution < -0.4 is 4.74 Å². The van der Waals surface area contributed by atoms with Crippen LogP contribution in [0.2, 0.25) is 0 Å². The van der Waals surface area contributed by atoms with Crippen molar-refractivity contribution in [2.45, 2.75) is 32.3 Å². The van der Waals surface area contributed by atoms with Gasteiger partial charge in [0, 0.05) is 6.54 Å². The molecule has 1 aromatic rings. The zero-order valence-electron chi connectivity index (χ0n) is 11.7. The monoisotopic (exact) mass is 251 g/mol. The first-order chi connectivity index (χ1) is 8.63. The number of benzene rings is 1. The van der Waals surface area contributed by atoms with E-state index in [2.05, 4.69) is 24.1 Å². The summed E-state index contributed by atoms with van der Waals surface area (Å²) in [5, 5.41) is 9.23. The molecule has 1 atom stereocenters. The van der Waals surface area contributed by atoms with Crippen LogP contribution in [0, 0.1) is 0 Å². The smallest absolute Gasteiger partial charge is 0.122 e. The van der Waals surface area contributed by atoms with E-state index in [1.54, 1.807) is 7.11 Å². The summed E-state index contributed by atoms with van der Waals surface area (Å²) in [6.45, 7) is 3.83. The van der Waals surface area contributed by atoms with E-state index in [9.17, 15) is 5.11 Å². The zero-order chi connectivity index (χ0) is 13.4. The van der Waals surface area contributed by atoms with Crippen LogP contribution in [0.5, 0.6) is 5.75 Å². The van der Waals surface area contributed by atoms with E-state index in [-0.39, 0.29) is 6.10 Å². The molecule has 3 heteroatoms. The van der Waals surface area contributed by atoms with Gasteiger partial charge in [0.1, 0.15) is 5.75 Å². The molecule has 0 saturated carbocycles. The molecule has 1 N–H and O–H groups in total. The highest BCUT2D eigenvalue weighted by atomic mass is 16.5. The van der Waals surface area contributed by atoms with E-state index in [1.165, 1.54) is 5.56 Å². The summed E-state index contributed by atoms with van der Waals surface area (Å²) in [6.07, 6.45) is 2.77. The van der Waals surface area contributed by atoms with Crippen LogP contribution in [0.3, 0.4) is 0 Å². The van der Waals surface area contributed by atoms with Gasteiger partial charge in [-0.25, -0.2) is 0 Å². The molecule has 0 heterocycles. The second kappa shape index (κ2) is 8.11. The van der Waals surface area contributed by atoms with Gasteiger partial charge in [-0.15, -0.1) is 0 Å². The summed E-state index contributed by atoms with van der Waals surface area (Å²) in [6, 6.07) is 8.17. The predicted octanol–water partition coefficient (Wildman–Crippen LogP) is 2.33. The van der Waals surface area contributed by atoms with Gasteiger partial charge in [0.25, 0.3) is 0 Å². The van der Waals surface area contributed by atoms with Crippen LogP contribution in [-0.2, 0) is 6.42 Å². The molecule has 18 heavy (non-hydrogen) atoms. The Morgan fingerprint density at radius 2 is 2.00 bits per heavy atom. The minimum absolute atomic E-state index is 0.207.